The summed E-state index contributed by atoms with van der Waals surface area (Å²) < 4.78 is 9.43. The van der Waals surface area contributed by atoms with Gasteiger partial charge in [0.15, 0.2) is 0 Å². The number of carbonyl (C=O) groups is 2. The van der Waals surface area contributed by atoms with Gasteiger partial charge in [-0.2, -0.15) is 0 Å². The minimum absolute atomic E-state index is 0.459. The molecule has 0 bridgehead atoms. The number of esters is 2. The Labute approximate surface area is 145 Å². The Balaban J connectivity index is 1.93. The number of hydrogen-bond donors (Lipinski definition) is 6. The molecule has 0 amide bonds. The second kappa shape index (κ2) is 7.38. The van der Waals surface area contributed by atoms with Gasteiger partial charge < -0.3 is 40.1 Å². The molecule has 6 N–H and O–H groups in total. The number of hydrogen-bond acceptors (Lipinski definition) is 10. The lowest BCUT2D eigenvalue weighted by Gasteiger charge is -2.10. The first-order valence-corrected chi connectivity index (χ1v) is 7.04. The van der Waals surface area contributed by atoms with Crippen LogP contribution in [-0.2, 0) is 9.47 Å². The van der Waals surface area contributed by atoms with E-state index in [1.54, 1.807) is 0 Å². The van der Waals surface area contributed by atoms with Gasteiger partial charge in [0.25, 0.3) is 0 Å². The monoisotopic (exact) mass is 366 g/mol. The molecule has 0 spiro atoms. The first kappa shape index (κ1) is 18.5. The van der Waals surface area contributed by atoms with Crippen molar-refractivity contribution in [3.8, 4) is 34.5 Å². The van der Waals surface area contributed by atoms with Crippen LogP contribution in [0.1, 0.15) is 20.7 Å². The second-order valence-electron chi connectivity index (χ2n) is 4.99. The van der Waals surface area contributed by atoms with Crippen molar-refractivity contribution in [3.05, 3.63) is 35.4 Å². The van der Waals surface area contributed by atoms with Crippen LogP contribution in [0, 0.1) is 0 Å². The molecule has 26 heavy (non-hydrogen) atoms. The summed E-state index contributed by atoms with van der Waals surface area (Å²) in [6.45, 7) is -0.937. The Morgan fingerprint density at radius 1 is 0.615 bits per heavy atom. The molecule has 0 heterocycles. The molecule has 0 aliphatic carbocycles. The van der Waals surface area contributed by atoms with Crippen molar-refractivity contribution in [2.75, 3.05) is 13.2 Å². The first-order valence-electron chi connectivity index (χ1n) is 7.04. The number of aromatic hydroxyl groups is 6. The number of benzene rings is 2. The minimum atomic E-state index is -1.13. The summed E-state index contributed by atoms with van der Waals surface area (Å²) >= 11 is 0. The largest absolute Gasteiger partial charge is 0.508 e. The van der Waals surface area contributed by atoms with Gasteiger partial charge in [-0.25, -0.2) is 9.59 Å². The van der Waals surface area contributed by atoms with Gasteiger partial charge in [-0.3, -0.25) is 0 Å². The van der Waals surface area contributed by atoms with E-state index in [1.807, 2.05) is 0 Å². The predicted molar refractivity (Wildman–Crippen MR) is 83.4 cm³/mol. The number of phenolic OH excluding ortho intramolecular Hbond substituents is 6. The van der Waals surface area contributed by atoms with E-state index in [9.17, 15) is 30.0 Å². The molecule has 10 nitrogen and oxygen atoms in total. The van der Waals surface area contributed by atoms with E-state index in [0.717, 1.165) is 24.3 Å². The highest BCUT2D eigenvalue weighted by atomic mass is 16.6. The zero-order valence-electron chi connectivity index (χ0n) is 13.0. The van der Waals surface area contributed by atoms with Crippen LogP contribution in [0.3, 0.4) is 0 Å². The fourth-order valence-corrected chi connectivity index (χ4v) is 2.03. The minimum Gasteiger partial charge on any atom is -0.508 e. The van der Waals surface area contributed by atoms with E-state index in [2.05, 4.69) is 0 Å². The SMILES string of the molecule is O=C(OCCOC(=O)c1c(O)cc(O)cc1O)c1c(O)cc(O)cc1O. The molecule has 2 rings (SSSR count). The van der Waals surface area contributed by atoms with Crippen molar-refractivity contribution in [2.45, 2.75) is 0 Å². The van der Waals surface area contributed by atoms with E-state index in [1.165, 1.54) is 0 Å². The topological polar surface area (TPSA) is 174 Å². The molecular weight excluding hydrogens is 352 g/mol. The van der Waals surface area contributed by atoms with Crippen LogP contribution >= 0.6 is 0 Å². The molecule has 2 aromatic carbocycles. The summed E-state index contributed by atoms with van der Waals surface area (Å²) in [4.78, 5) is 23.6. The first-order chi connectivity index (χ1) is 12.2. The van der Waals surface area contributed by atoms with E-state index < -0.39 is 70.8 Å². The molecule has 10 heteroatoms. The molecule has 0 fully saturated rings. The van der Waals surface area contributed by atoms with Gasteiger partial charge in [0, 0.05) is 24.3 Å². The van der Waals surface area contributed by atoms with Crippen LogP contribution in [0.2, 0.25) is 0 Å². The Hall–Kier alpha value is -3.82. The average molecular weight is 366 g/mol. The number of carbonyl (C=O) groups excluding carboxylic acids is 2. The Morgan fingerprint density at radius 3 is 1.15 bits per heavy atom. The zero-order chi connectivity index (χ0) is 19.4. The zero-order valence-corrected chi connectivity index (χ0v) is 13.0. The fraction of sp³-hybridized carbons (Fsp3) is 0.125. The molecule has 0 atom stereocenters. The third-order valence-electron chi connectivity index (χ3n) is 3.12. The van der Waals surface area contributed by atoms with Crippen molar-refractivity contribution in [3.63, 3.8) is 0 Å². The second-order valence-corrected chi connectivity index (χ2v) is 4.99. The molecule has 0 aliphatic rings. The lowest BCUT2D eigenvalue weighted by Crippen LogP contribution is -2.14. The molecule has 0 saturated carbocycles. The summed E-state index contributed by atoms with van der Waals surface area (Å²) in [5.74, 6) is -6.01. The van der Waals surface area contributed by atoms with Gasteiger partial charge in [-0.15, -0.1) is 0 Å². The lowest BCUT2D eigenvalue weighted by atomic mass is 10.1. The summed E-state index contributed by atoms with van der Waals surface area (Å²) in [5.41, 5.74) is -1.16. The number of phenols is 6. The van der Waals surface area contributed by atoms with Crippen LogP contribution in [0.4, 0.5) is 0 Å². The van der Waals surface area contributed by atoms with Gasteiger partial charge in [-0.05, 0) is 0 Å². The van der Waals surface area contributed by atoms with Crippen LogP contribution in [0.15, 0.2) is 24.3 Å². The summed E-state index contributed by atoms with van der Waals surface area (Å²) in [6.07, 6.45) is 0. The van der Waals surface area contributed by atoms with Crippen LogP contribution in [0.5, 0.6) is 34.5 Å². The van der Waals surface area contributed by atoms with Gasteiger partial charge >= 0.3 is 11.9 Å². The van der Waals surface area contributed by atoms with Crippen LogP contribution < -0.4 is 0 Å². The van der Waals surface area contributed by atoms with Gasteiger partial charge in [0.2, 0.25) is 0 Å². The van der Waals surface area contributed by atoms with Crippen molar-refractivity contribution >= 4 is 11.9 Å². The molecule has 0 radical (unpaired) electrons. The van der Waals surface area contributed by atoms with Crippen molar-refractivity contribution in [1.82, 2.24) is 0 Å². The van der Waals surface area contributed by atoms with E-state index >= 15 is 0 Å². The molecule has 138 valence electrons. The maximum absolute atomic E-state index is 11.8. The van der Waals surface area contributed by atoms with Crippen molar-refractivity contribution < 1.29 is 49.7 Å². The summed E-state index contributed by atoms with van der Waals surface area (Å²) in [5, 5.41) is 56.5. The summed E-state index contributed by atoms with van der Waals surface area (Å²) in [7, 11) is 0. The highest BCUT2D eigenvalue weighted by Crippen LogP contribution is 2.33. The molecule has 0 aliphatic heterocycles. The van der Waals surface area contributed by atoms with E-state index in [0.29, 0.717) is 0 Å². The third-order valence-corrected chi connectivity index (χ3v) is 3.12. The van der Waals surface area contributed by atoms with Gasteiger partial charge in [0.05, 0.1) is 0 Å². The average Bonchev–Trinajstić information content (AvgIpc) is 2.49. The van der Waals surface area contributed by atoms with Crippen LogP contribution in [-0.4, -0.2) is 55.8 Å². The Kier molecular flexibility index (Phi) is 5.26. The predicted octanol–water partition coefficient (Wildman–Crippen LogP) is 0.934. The molecule has 0 aromatic heterocycles. The molecule has 2 aromatic rings. The van der Waals surface area contributed by atoms with Gasteiger partial charge in [0.1, 0.15) is 58.8 Å². The van der Waals surface area contributed by atoms with Crippen molar-refractivity contribution in [2.24, 2.45) is 0 Å². The Bertz CT molecular complexity index is 741. The normalized spacial score (nSPS) is 10.3. The van der Waals surface area contributed by atoms with Gasteiger partial charge in [-0.1, -0.05) is 0 Å². The molecule has 0 saturated heterocycles. The molecular formula is C16H14O10. The number of rotatable bonds is 5. The van der Waals surface area contributed by atoms with E-state index in [4.69, 9.17) is 19.7 Å². The number of ether oxygens (including phenoxy) is 2. The van der Waals surface area contributed by atoms with Crippen molar-refractivity contribution in [1.29, 1.82) is 0 Å². The van der Waals surface area contributed by atoms with E-state index in [-0.39, 0.29) is 0 Å². The maximum Gasteiger partial charge on any atom is 0.345 e. The highest BCUT2D eigenvalue weighted by Gasteiger charge is 2.21. The highest BCUT2D eigenvalue weighted by molar-refractivity contribution is 5.96. The van der Waals surface area contributed by atoms with Crippen LogP contribution in [0.25, 0.3) is 0 Å². The third kappa shape index (κ3) is 3.98. The quantitative estimate of drug-likeness (QED) is 0.330. The smallest absolute Gasteiger partial charge is 0.345 e. The lowest BCUT2D eigenvalue weighted by molar-refractivity contribution is 0.0258. The maximum atomic E-state index is 11.8. The Morgan fingerprint density at radius 2 is 0.885 bits per heavy atom. The summed E-state index contributed by atoms with van der Waals surface area (Å²) in [6, 6.07) is 3.30. The fourth-order valence-electron chi connectivity index (χ4n) is 2.03. The standard InChI is InChI=1S/C16H14O10/c17-7-3-9(19)13(10(20)4-7)15(23)25-1-2-26-16(24)14-11(21)5-8(18)6-12(14)22/h3-6,17-22H,1-2H2. The molecule has 0 unspecified atom stereocenters.